The fourth-order valence-corrected chi connectivity index (χ4v) is 2.95. The minimum atomic E-state index is -3.28. The third-order valence-electron chi connectivity index (χ3n) is 2.84. The van der Waals surface area contributed by atoms with Gasteiger partial charge in [0.2, 0.25) is 0 Å². The van der Waals surface area contributed by atoms with Gasteiger partial charge in [-0.1, -0.05) is 58.8 Å². The van der Waals surface area contributed by atoms with E-state index in [-0.39, 0.29) is 0 Å². The summed E-state index contributed by atoms with van der Waals surface area (Å²) < 4.78 is 16.6. The molecule has 1 atom stereocenters. The van der Waals surface area contributed by atoms with Crippen LogP contribution < -0.4 is 0 Å². The molecule has 1 unspecified atom stereocenters. The smallest absolute Gasteiger partial charge is 0.324 e. The molecule has 104 valence electrons. The maximum atomic E-state index is 11.5. The summed E-state index contributed by atoms with van der Waals surface area (Å²) in [5, 5.41) is 0. The minimum Gasteiger partial charge on any atom is -0.324 e. The van der Waals surface area contributed by atoms with Gasteiger partial charge in [0.05, 0.1) is 6.61 Å². The van der Waals surface area contributed by atoms with E-state index in [1.807, 2.05) is 6.92 Å². The van der Waals surface area contributed by atoms with Gasteiger partial charge in [-0.3, -0.25) is 4.57 Å². The van der Waals surface area contributed by atoms with Crippen LogP contribution in [0.5, 0.6) is 0 Å². The quantitative estimate of drug-likeness (QED) is 0.409. The van der Waals surface area contributed by atoms with E-state index in [2.05, 4.69) is 6.92 Å². The van der Waals surface area contributed by atoms with Crippen LogP contribution in [0.25, 0.3) is 0 Å². The first-order valence-corrected chi connectivity index (χ1v) is 8.85. The van der Waals surface area contributed by atoms with Crippen LogP contribution in [0.1, 0.15) is 71.6 Å². The molecule has 1 N–H and O–H groups in total. The molecule has 0 amide bonds. The van der Waals surface area contributed by atoms with E-state index in [0.29, 0.717) is 12.8 Å². The number of unbranched alkanes of at least 4 members (excludes halogenated alkanes) is 7. The molecule has 0 aliphatic rings. The average Bonchev–Trinajstić information content (AvgIpc) is 2.30. The Balaban J connectivity index is 3.29. The van der Waals surface area contributed by atoms with Crippen molar-refractivity contribution in [1.29, 1.82) is 0 Å². The number of hydrogen-bond acceptors (Lipinski definition) is 2. The van der Waals surface area contributed by atoms with E-state index in [1.54, 1.807) is 0 Å². The average molecular weight is 264 g/mol. The zero-order valence-electron chi connectivity index (χ0n) is 11.5. The lowest BCUT2D eigenvalue weighted by molar-refractivity contribution is 0.252. The summed E-state index contributed by atoms with van der Waals surface area (Å²) in [5.41, 5.74) is 0. The highest BCUT2D eigenvalue weighted by Crippen LogP contribution is 2.42. The Kier molecular flexibility index (Phi) is 11.4. The van der Waals surface area contributed by atoms with Crippen molar-refractivity contribution in [3.63, 3.8) is 0 Å². The Hall–Kier alpha value is 0.150. The summed E-state index contributed by atoms with van der Waals surface area (Å²) in [6, 6.07) is 0. The molecule has 0 saturated heterocycles. The van der Waals surface area contributed by atoms with Crippen molar-refractivity contribution in [2.24, 2.45) is 0 Å². The summed E-state index contributed by atoms with van der Waals surface area (Å²) >= 11 is 0. The first-order valence-electron chi connectivity index (χ1n) is 7.08. The first-order chi connectivity index (χ1) is 8.12. The second-order valence-corrected chi connectivity index (χ2v) is 6.65. The van der Waals surface area contributed by atoms with Crippen LogP contribution in [-0.2, 0) is 9.09 Å². The van der Waals surface area contributed by atoms with Crippen molar-refractivity contribution < 1.29 is 14.0 Å². The van der Waals surface area contributed by atoms with Crippen molar-refractivity contribution in [2.45, 2.75) is 71.6 Å². The van der Waals surface area contributed by atoms with Gasteiger partial charge in [-0.25, -0.2) is 0 Å². The molecule has 0 heterocycles. The molecule has 0 rings (SSSR count). The maximum absolute atomic E-state index is 11.5. The third-order valence-corrected chi connectivity index (χ3v) is 4.30. The molecule has 0 aromatic rings. The Morgan fingerprint density at radius 3 is 2.00 bits per heavy atom. The summed E-state index contributed by atoms with van der Waals surface area (Å²) in [6.07, 6.45) is 10.4. The summed E-state index contributed by atoms with van der Waals surface area (Å²) in [6.45, 7) is 4.66. The molecule has 0 aromatic carbocycles. The van der Waals surface area contributed by atoms with E-state index < -0.39 is 7.60 Å². The molecule has 0 spiro atoms. The molecule has 0 fully saturated rings. The SMILES string of the molecule is CCCCCCCCCOP(=O)(O)CCCC. The van der Waals surface area contributed by atoms with Crippen LogP contribution in [0.3, 0.4) is 0 Å². The van der Waals surface area contributed by atoms with Gasteiger partial charge in [0.15, 0.2) is 0 Å². The van der Waals surface area contributed by atoms with Gasteiger partial charge in [-0.2, -0.15) is 0 Å². The van der Waals surface area contributed by atoms with Crippen molar-refractivity contribution in [1.82, 2.24) is 0 Å². The molecule has 0 saturated carbocycles. The van der Waals surface area contributed by atoms with Crippen molar-refractivity contribution in [2.75, 3.05) is 12.8 Å². The molecule has 0 radical (unpaired) electrons. The highest BCUT2D eigenvalue weighted by atomic mass is 31.2. The Labute approximate surface area is 106 Å². The largest absolute Gasteiger partial charge is 0.328 e. The van der Waals surface area contributed by atoms with Gasteiger partial charge in [-0.15, -0.1) is 0 Å². The normalized spacial score (nSPS) is 14.8. The van der Waals surface area contributed by atoms with Crippen LogP contribution in [0.2, 0.25) is 0 Å². The monoisotopic (exact) mass is 264 g/mol. The predicted molar refractivity (Wildman–Crippen MR) is 73.5 cm³/mol. The Morgan fingerprint density at radius 1 is 0.882 bits per heavy atom. The van der Waals surface area contributed by atoms with Crippen molar-refractivity contribution >= 4 is 7.60 Å². The van der Waals surface area contributed by atoms with E-state index >= 15 is 0 Å². The van der Waals surface area contributed by atoms with Gasteiger partial charge in [0.1, 0.15) is 0 Å². The van der Waals surface area contributed by atoms with Gasteiger partial charge >= 0.3 is 7.60 Å². The zero-order valence-corrected chi connectivity index (χ0v) is 12.4. The first kappa shape index (κ1) is 17.2. The van der Waals surface area contributed by atoms with E-state index in [1.165, 1.54) is 32.1 Å². The molecule has 3 nitrogen and oxygen atoms in total. The fourth-order valence-electron chi connectivity index (χ4n) is 1.69. The zero-order chi connectivity index (χ0) is 13.0. The van der Waals surface area contributed by atoms with Crippen molar-refractivity contribution in [3.05, 3.63) is 0 Å². The fraction of sp³-hybridized carbons (Fsp3) is 1.00. The van der Waals surface area contributed by atoms with Crippen LogP contribution in [0.4, 0.5) is 0 Å². The van der Waals surface area contributed by atoms with Crippen LogP contribution in [0, 0.1) is 0 Å². The Morgan fingerprint density at radius 2 is 1.41 bits per heavy atom. The highest BCUT2D eigenvalue weighted by Gasteiger charge is 2.17. The summed E-state index contributed by atoms with van der Waals surface area (Å²) in [4.78, 5) is 9.45. The lowest BCUT2D eigenvalue weighted by atomic mass is 10.1. The highest BCUT2D eigenvalue weighted by molar-refractivity contribution is 7.52. The standard InChI is InChI=1S/C13H29O3P/c1-3-5-7-8-9-10-11-12-16-17(14,15)13-6-4-2/h3-13H2,1-2H3,(H,14,15). The molecular formula is C13H29O3P. The maximum Gasteiger partial charge on any atom is 0.328 e. The van der Waals surface area contributed by atoms with Crippen LogP contribution in [-0.4, -0.2) is 17.7 Å². The molecule has 4 heteroatoms. The summed E-state index contributed by atoms with van der Waals surface area (Å²) in [7, 11) is -3.28. The van der Waals surface area contributed by atoms with Crippen molar-refractivity contribution in [3.8, 4) is 0 Å². The van der Waals surface area contributed by atoms with Gasteiger partial charge < -0.3 is 9.42 Å². The van der Waals surface area contributed by atoms with E-state index in [0.717, 1.165) is 25.7 Å². The molecule has 0 bridgehead atoms. The number of rotatable bonds is 12. The third kappa shape index (κ3) is 12.4. The van der Waals surface area contributed by atoms with E-state index in [9.17, 15) is 9.46 Å². The second kappa shape index (κ2) is 11.3. The van der Waals surface area contributed by atoms with Gasteiger partial charge in [0.25, 0.3) is 0 Å². The lowest BCUT2D eigenvalue weighted by Crippen LogP contribution is -1.97. The summed E-state index contributed by atoms with van der Waals surface area (Å²) in [5.74, 6) is 0. The van der Waals surface area contributed by atoms with Gasteiger partial charge in [0, 0.05) is 6.16 Å². The molecular weight excluding hydrogens is 235 g/mol. The lowest BCUT2D eigenvalue weighted by Gasteiger charge is -2.11. The van der Waals surface area contributed by atoms with Gasteiger partial charge in [-0.05, 0) is 12.8 Å². The molecule has 0 aliphatic carbocycles. The molecule has 17 heavy (non-hydrogen) atoms. The molecule has 0 aliphatic heterocycles. The number of hydrogen-bond donors (Lipinski definition) is 1. The molecule has 0 aromatic heterocycles. The van der Waals surface area contributed by atoms with E-state index in [4.69, 9.17) is 4.52 Å². The van der Waals surface area contributed by atoms with Crippen LogP contribution >= 0.6 is 7.60 Å². The predicted octanol–water partition coefficient (Wildman–Crippen LogP) is 4.74. The Bertz CT molecular complexity index is 207. The minimum absolute atomic E-state index is 0.306. The van der Waals surface area contributed by atoms with Crippen LogP contribution in [0.15, 0.2) is 0 Å². The topological polar surface area (TPSA) is 46.5 Å². The second-order valence-electron chi connectivity index (χ2n) is 4.67.